The number of aromatic hydroxyl groups is 1. The summed E-state index contributed by atoms with van der Waals surface area (Å²) in [5.74, 6) is -0.0829. The quantitative estimate of drug-likeness (QED) is 0.327. The fourth-order valence-corrected chi connectivity index (χ4v) is 4.76. The molecule has 0 saturated heterocycles. The number of aliphatic hydroxyl groups is 1. The highest BCUT2D eigenvalue weighted by Crippen LogP contribution is 2.47. The van der Waals surface area contributed by atoms with Gasteiger partial charge in [0, 0.05) is 17.2 Å². The molecule has 1 saturated carbocycles. The summed E-state index contributed by atoms with van der Waals surface area (Å²) in [5, 5.41) is 21.3. The van der Waals surface area contributed by atoms with E-state index in [-0.39, 0.29) is 23.6 Å². The van der Waals surface area contributed by atoms with E-state index in [9.17, 15) is 19.4 Å². The van der Waals surface area contributed by atoms with Crippen molar-refractivity contribution in [3.05, 3.63) is 83.3 Å². The molecule has 3 aromatic rings. The Morgan fingerprint density at radius 2 is 1.84 bits per heavy atom. The Morgan fingerprint density at radius 3 is 2.46 bits per heavy atom. The SMILES string of the molecule is COC(=O)[C@@H](C)[C@H](c1ccc(/C=C\CC(O)c2ccc(-c3cc(OC)ncc3F)cc2)c(O)c1)C1CC1. The van der Waals surface area contributed by atoms with E-state index in [0.717, 1.165) is 24.6 Å². The Hall–Kier alpha value is -3.71. The Balaban J connectivity index is 1.41. The fraction of sp³-hybridized carbons (Fsp3) is 0.333. The molecule has 7 heteroatoms. The van der Waals surface area contributed by atoms with Gasteiger partial charge in [-0.3, -0.25) is 4.79 Å². The first-order valence-electron chi connectivity index (χ1n) is 12.4. The summed E-state index contributed by atoms with van der Waals surface area (Å²) in [6.45, 7) is 1.87. The number of methoxy groups -OCH3 is 2. The molecule has 1 unspecified atom stereocenters. The third-order valence-corrected chi connectivity index (χ3v) is 6.98. The molecule has 1 aromatic heterocycles. The number of aromatic nitrogens is 1. The van der Waals surface area contributed by atoms with Gasteiger partial charge in [0.25, 0.3) is 0 Å². The van der Waals surface area contributed by atoms with Gasteiger partial charge in [0.05, 0.1) is 32.4 Å². The number of phenols is 1. The topological polar surface area (TPSA) is 88.9 Å². The third-order valence-electron chi connectivity index (χ3n) is 6.98. The molecule has 1 aliphatic rings. The molecule has 3 atom stereocenters. The zero-order valence-electron chi connectivity index (χ0n) is 21.2. The summed E-state index contributed by atoms with van der Waals surface area (Å²) in [5.41, 5.74) is 3.28. The van der Waals surface area contributed by atoms with Gasteiger partial charge in [-0.1, -0.05) is 55.5 Å². The number of hydrogen-bond acceptors (Lipinski definition) is 6. The van der Waals surface area contributed by atoms with Crippen LogP contribution >= 0.6 is 0 Å². The second-order valence-corrected chi connectivity index (χ2v) is 9.48. The first-order valence-corrected chi connectivity index (χ1v) is 12.4. The summed E-state index contributed by atoms with van der Waals surface area (Å²) in [6, 6.07) is 14.0. The van der Waals surface area contributed by atoms with Crippen LogP contribution in [-0.4, -0.2) is 35.4 Å². The van der Waals surface area contributed by atoms with Crippen LogP contribution in [0.25, 0.3) is 17.2 Å². The van der Waals surface area contributed by atoms with Crippen LogP contribution in [0.5, 0.6) is 11.6 Å². The highest BCUT2D eigenvalue weighted by molar-refractivity contribution is 5.73. The number of aliphatic hydroxyl groups excluding tert-OH is 1. The minimum atomic E-state index is -0.760. The van der Waals surface area contributed by atoms with E-state index < -0.39 is 11.9 Å². The van der Waals surface area contributed by atoms with Crippen LogP contribution in [-0.2, 0) is 9.53 Å². The smallest absolute Gasteiger partial charge is 0.309 e. The lowest BCUT2D eigenvalue weighted by Crippen LogP contribution is -2.22. The number of hydrogen-bond donors (Lipinski definition) is 2. The molecule has 2 aromatic carbocycles. The molecular weight excluding hydrogens is 473 g/mol. The van der Waals surface area contributed by atoms with Crippen LogP contribution < -0.4 is 4.74 Å². The van der Waals surface area contributed by atoms with E-state index in [1.807, 2.05) is 19.1 Å². The van der Waals surface area contributed by atoms with Crippen molar-refractivity contribution in [1.82, 2.24) is 4.98 Å². The molecule has 4 rings (SSSR count). The van der Waals surface area contributed by atoms with Gasteiger partial charge in [-0.25, -0.2) is 9.37 Å². The Morgan fingerprint density at radius 1 is 1.14 bits per heavy atom. The number of rotatable bonds is 10. The van der Waals surface area contributed by atoms with E-state index in [1.165, 1.54) is 20.3 Å². The van der Waals surface area contributed by atoms with Gasteiger partial charge in [0.15, 0.2) is 0 Å². The summed E-state index contributed by atoms with van der Waals surface area (Å²) < 4.78 is 24.2. The van der Waals surface area contributed by atoms with Crippen LogP contribution in [0, 0.1) is 17.7 Å². The second kappa shape index (κ2) is 11.6. The van der Waals surface area contributed by atoms with Crippen molar-refractivity contribution in [2.45, 2.75) is 38.2 Å². The lowest BCUT2D eigenvalue weighted by molar-refractivity contribution is -0.145. The van der Waals surface area contributed by atoms with Crippen molar-refractivity contribution in [2.75, 3.05) is 14.2 Å². The molecule has 0 aliphatic heterocycles. The van der Waals surface area contributed by atoms with Crippen LogP contribution in [0.3, 0.4) is 0 Å². The number of carbonyl (C=O) groups excluding carboxylic acids is 1. The molecule has 1 heterocycles. The fourth-order valence-electron chi connectivity index (χ4n) is 4.76. The largest absolute Gasteiger partial charge is 0.507 e. The average Bonchev–Trinajstić information content (AvgIpc) is 3.75. The number of nitrogens with zero attached hydrogens (tertiary/aromatic N) is 1. The molecule has 1 fully saturated rings. The van der Waals surface area contributed by atoms with Crippen molar-refractivity contribution < 1.29 is 28.9 Å². The van der Waals surface area contributed by atoms with Crippen molar-refractivity contribution in [1.29, 1.82) is 0 Å². The summed E-state index contributed by atoms with van der Waals surface area (Å²) >= 11 is 0. The molecule has 0 radical (unpaired) electrons. The standard InChI is InChI=1S/C30H32FNO5/c1-18(30(35)37-3)29(22-12-13-22)23-14-11-20(27(34)15-23)5-4-6-26(33)21-9-7-19(8-10-21)24-16-28(36-2)32-17-25(24)31/h4-5,7-11,14-18,22,26,29,33-34H,6,12-13H2,1-3H3/b5-4-/t18-,26?,29-/m0/s1. The van der Waals surface area contributed by atoms with Gasteiger partial charge in [-0.05, 0) is 53.9 Å². The van der Waals surface area contributed by atoms with Crippen molar-refractivity contribution >= 4 is 12.0 Å². The van der Waals surface area contributed by atoms with Gasteiger partial charge in [-0.15, -0.1) is 0 Å². The number of pyridine rings is 1. The highest BCUT2D eigenvalue weighted by atomic mass is 19.1. The number of halogens is 1. The number of esters is 1. The molecule has 0 spiro atoms. The minimum absolute atomic E-state index is 0.0166. The molecule has 0 bridgehead atoms. The molecule has 6 nitrogen and oxygen atoms in total. The Bertz CT molecular complexity index is 1270. The average molecular weight is 506 g/mol. The minimum Gasteiger partial charge on any atom is -0.507 e. The Labute approximate surface area is 216 Å². The van der Waals surface area contributed by atoms with Crippen LogP contribution in [0.1, 0.15) is 54.9 Å². The van der Waals surface area contributed by atoms with Crippen molar-refractivity contribution in [3.63, 3.8) is 0 Å². The van der Waals surface area contributed by atoms with E-state index in [1.54, 1.807) is 42.5 Å². The van der Waals surface area contributed by atoms with Crippen molar-refractivity contribution in [3.8, 4) is 22.8 Å². The van der Waals surface area contributed by atoms with E-state index in [0.29, 0.717) is 40.5 Å². The monoisotopic (exact) mass is 505 g/mol. The van der Waals surface area contributed by atoms with Crippen LogP contribution in [0.4, 0.5) is 4.39 Å². The molecule has 1 aliphatic carbocycles. The summed E-state index contributed by atoms with van der Waals surface area (Å²) in [7, 11) is 2.87. The summed E-state index contributed by atoms with van der Waals surface area (Å²) in [4.78, 5) is 16.0. The molecule has 0 amide bonds. The number of ether oxygens (including phenoxy) is 2. The van der Waals surface area contributed by atoms with Gasteiger partial charge in [-0.2, -0.15) is 0 Å². The summed E-state index contributed by atoms with van der Waals surface area (Å²) in [6.07, 6.45) is 6.40. The van der Waals surface area contributed by atoms with Gasteiger partial charge >= 0.3 is 5.97 Å². The van der Waals surface area contributed by atoms with E-state index in [4.69, 9.17) is 9.47 Å². The van der Waals surface area contributed by atoms with E-state index in [2.05, 4.69) is 4.98 Å². The van der Waals surface area contributed by atoms with Gasteiger partial charge in [0.1, 0.15) is 11.6 Å². The van der Waals surface area contributed by atoms with Gasteiger partial charge < -0.3 is 19.7 Å². The molecule has 37 heavy (non-hydrogen) atoms. The second-order valence-electron chi connectivity index (χ2n) is 9.48. The molecule has 2 N–H and O–H groups in total. The molecule has 194 valence electrons. The zero-order chi connectivity index (χ0) is 26.5. The van der Waals surface area contributed by atoms with Gasteiger partial charge in [0.2, 0.25) is 5.88 Å². The Kier molecular flexibility index (Phi) is 8.24. The first kappa shape index (κ1) is 26.4. The van der Waals surface area contributed by atoms with E-state index >= 15 is 0 Å². The van der Waals surface area contributed by atoms with Crippen LogP contribution in [0.2, 0.25) is 0 Å². The first-order chi connectivity index (χ1) is 17.8. The lowest BCUT2D eigenvalue weighted by atomic mass is 9.83. The predicted molar refractivity (Wildman–Crippen MR) is 140 cm³/mol. The number of carbonyl (C=O) groups is 1. The molecular formula is C30H32FNO5. The maximum Gasteiger partial charge on any atom is 0.309 e. The maximum absolute atomic E-state index is 14.2. The predicted octanol–water partition coefficient (Wildman–Crippen LogP) is 6.04. The van der Waals surface area contributed by atoms with Crippen molar-refractivity contribution in [2.24, 2.45) is 11.8 Å². The maximum atomic E-state index is 14.2. The highest BCUT2D eigenvalue weighted by Gasteiger charge is 2.39. The number of phenolic OH excluding ortho intramolecular Hbond substituents is 1. The lowest BCUT2D eigenvalue weighted by Gasteiger charge is -2.23. The number of benzene rings is 2. The zero-order valence-corrected chi connectivity index (χ0v) is 21.2. The third kappa shape index (κ3) is 6.17. The van der Waals surface area contributed by atoms with Crippen LogP contribution in [0.15, 0.2) is 60.8 Å². The normalized spacial score (nSPS) is 15.8.